The van der Waals surface area contributed by atoms with Gasteiger partial charge in [-0.25, -0.2) is 4.79 Å². The number of fused-ring (bicyclic) bond motifs is 1. The van der Waals surface area contributed by atoms with Crippen LogP contribution in [0.2, 0.25) is 0 Å². The van der Waals surface area contributed by atoms with E-state index in [1.165, 1.54) is 10.4 Å². The maximum absolute atomic E-state index is 12.4. The molecule has 2 aromatic rings. The van der Waals surface area contributed by atoms with Crippen LogP contribution in [0, 0.1) is 6.92 Å². The van der Waals surface area contributed by atoms with Gasteiger partial charge in [-0.15, -0.1) is 11.3 Å². The van der Waals surface area contributed by atoms with E-state index in [-0.39, 0.29) is 12.1 Å². The van der Waals surface area contributed by atoms with Crippen molar-refractivity contribution >= 4 is 17.4 Å². The van der Waals surface area contributed by atoms with Crippen LogP contribution in [-0.4, -0.2) is 23.0 Å². The van der Waals surface area contributed by atoms with Crippen LogP contribution in [0.4, 0.5) is 4.79 Å². The van der Waals surface area contributed by atoms with Gasteiger partial charge in [-0.05, 0) is 54.8 Å². The first-order chi connectivity index (χ1) is 10.6. The minimum atomic E-state index is -0.0357. The van der Waals surface area contributed by atoms with Gasteiger partial charge in [-0.3, -0.25) is 4.98 Å². The van der Waals surface area contributed by atoms with Gasteiger partial charge >= 0.3 is 6.03 Å². The van der Waals surface area contributed by atoms with Crippen molar-refractivity contribution in [2.45, 2.75) is 38.8 Å². The molecule has 22 heavy (non-hydrogen) atoms. The summed E-state index contributed by atoms with van der Waals surface area (Å²) in [5.74, 6) is 0. The number of urea groups is 1. The first-order valence-electron chi connectivity index (χ1n) is 7.63. The Labute approximate surface area is 135 Å². The summed E-state index contributed by atoms with van der Waals surface area (Å²) in [4.78, 5) is 19.9. The van der Waals surface area contributed by atoms with Crippen molar-refractivity contribution in [3.05, 3.63) is 51.5 Å². The average Bonchev–Trinajstić information content (AvgIpc) is 2.99. The van der Waals surface area contributed by atoms with Gasteiger partial charge in [-0.2, -0.15) is 0 Å². The molecule has 2 amide bonds. The van der Waals surface area contributed by atoms with Crippen LogP contribution in [0.3, 0.4) is 0 Å². The van der Waals surface area contributed by atoms with Gasteiger partial charge in [0.25, 0.3) is 0 Å². The topological polar surface area (TPSA) is 45.2 Å². The Morgan fingerprint density at radius 2 is 2.32 bits per heavy atom. The molecule has 0 aliphatic heterocycles. The third-order valence-electron chi connectivity index (χ3n) is 4.07. The summed E-state index contributed by atoms with van der Waals surface area (Å²) in [6.07, 6.45) is 5.14. The first kappa shape index (κ1) is 15.0. The number of nitrogens with one attached hydrogen (secondary N) is 1. The number of nitrogens with zero attached hydrogens (tertiary/aromatic N) is 2. The summed E-state index contributed by atoms with van der Waals surface area (Å²) in [7, 11) is 1.81. The monoisotopic (exact) mass is 315 g/mol. The van der Waals surface area contributed by atoms with Crippen LogP contribution >= 0.6 is 11.3 Å². The fraction of sp³-hybridized carbons (Fsp3) is 0.412. The van der Waals surface area contributed by atoms with Crippen molar-refractivity contribution in [2.75, 3.05) is 7.05 Å². The molecule has 1 aliphatic rings. The number of carbonyl (C=O) groups is 1. The number of carbonyl (C=O) groups excluding carboxylic acids is 1. The minimum absolute atomic E-state index is 0.0357. The van der Waals surface area contributed by atoms with Crippen molar-refractivity contribution in [2.24, 2.45) is 0 Å². The number of rotatable bonds is 3. The van der Waals surface area contributed by atoms with Gasteiger partial charge in [0.05, 0.1) is 18.3 Å². The second kappa shape index (κ2) is 6.48. The zero-order chi connectivity index (χ0) is 15.5. The normalized spacial score (nSPS) is 16.9. The lowest BCUT2D eigenvalue weighted by Crippen LogP contribution is -2.39. The molecule has 5 heteroatoms. The lowest BCUT2D eigenvalue weighted by molar-refractivity contribution is 0.200. The Balaban J connectivity index is 1.61. The highest BCUT2D eigenvalue weighted by atomic mass is 32.1. The van der Waals surface area contributed by atoms with Crippen LogP contribution in [-0.2, 0) is 13.0 Å². The summed E-state index contributed by atoms with van der Waals surface area (Å²) in [6.45, 7) is 2.53. The zero-order valence-corrected chi connectivity index (χ0v) is 13.8. The standard InChI is InChI=1S/C17H21N3OS/c1-12-6-7-13(18-10-12)11-20(2)17(21)19-15-4-3-5-16-14(15)8-9-22-16/h6-10,15H,3-5,11H2,1-2H3,(H,19,21). The second-order valence-electron chi connectivity index (χ2n) is 5.88. The summed E-state index contributed by atoms with van der Waals surface area (Å²) in [6, 6.07) is 6.25. The van der Waals surface area contributed by atoms with E-state index < -0.39 is 0 Å². The third kappa shape index (κ3) is 3.30. The largest absolute Gasteiger partial charge is 0.331 e. The van der Waals surface area contributed by atoms with Crippen LogP contribution < -0.4 is 5.32 Å². The van der Waals surface area contributed by atoms with Crippen LogP contribution in [0.25, 0.3) is 0 Å². The predicted molar refractivity (Wildman–Crippen MR) is 89.0 cm³/mol. The number of amides is 2. The third-order valence-corrected chi connectivity index (χ3v) is 5.06. The molecule has 0 aromatic carbocycles. The van der Waals surface area contributed by atoms with Gasteiger partial charge in [0.15, 0.2) is 0 Å². The minimum Gasteiger partial charge on any atom is -0.331 e. The molecule has 0 radical (unpaired) electrons. The van der Waals surface area contributed by atoms with E-state index in [1.54, 1.807) is 16.2 Å². The first-order valence-corrected chi connectivity index (χ1v) is 8.51. The molecule has 1 aliphatic carbocycles. The van der Waals surface area contributed by atoms with E-state index in [0.717, 1.165) is 30.5 Å². The second-order valence-corrected chi connectivity index (χ2v) is 6.88. The Morgan fingerprint density at radius 1 is 1.45 bits per heavy atom. The molecule has 0 fully saturated rings. The summed E-state index contributed by atoms with van der Waals surface area (Å²) >= 11 is 1.79. The smallest absolute Gasteiger partial charge is 0.317 e. The molecule has 1 unspecified atom stereocenters. The summed E-state index contributed by atoms with van der Waals surface area (Å²) < 4.78 is 0. The number of thiophene rings is 1. The molecular formula is C17H21N3OS. The SMILES string of the molecule is Cc1ccc(CN(C)C(=O)NC2CCCc3sccc32)nc1. The van der Waals surface area contributed by atoms with Gasteiger partial charge < -0.3 is 10.2 Å². The van der Waals surface area contributed by atoms with E-state index in [2.05, 4.69) is 21.7 Å². The Morgan fingerprint density at radius 3 is 3.09 bits per heavy atom. The maximum atomic E-state index is 12.4. The highest BCUT2D eigenvalue weighted by molar-refractivity contribution is 7.10. The molecule has 0 saturated heterocycles. The van der Waals surface area contributed by atoms with Crippen LogP contribution in [0.1, 0.15) is 40.6 Å². The fourth-order valence-electron chi connectivity index (χ4n) is 2.80. The van der Waals surface area contributed by atoms with Crippen LogP contribution in [0.15, 0.2) is 29.8 Å². The van der Waals surface area contributed by atoms with Gasteiger partial charge in [-0.1, -0.05) is 6.07 Å². The van der Waals surface area contributed by atoms with Crippen molar-refractivity contribution < 1.29 is 4.79 Å². The lowest BCUT2D eigenvalue weighted by Gasteiger charge is -2.26. The molecule has 0 saturated carbocycles. The molecular weight excluding hydrogens is 294 g/mol. The highest BCUT2D eigenvalue weighted by Gasteiger charge is 2.23. The fourth-order valence-corrected chi connectivity index (χ4v) is 3.79. The maximum Gasteiger partial charge on any atom is 0.317 e. The Hall–Kier alpha value is -1.88. The van der Waals surface area contributed by atoms with E-state index in [4.69, 9.17) is 0 Å². The molecule has 2 aromatic heterocycles. The quantitative estimate of drug-likeness (QED) is 0.939. The lowest BCUT2D eigenvalue weighted by atomic mass is 9.94. The van der Waals surface area contributed by atoms with E-state index in [0.29, 0.717) is 6.54 Å². The molecule has 3 rings (SSSR count). The predicted octanol–water partition coefficient (Wildman–Crippen LogP) is 3.67. The molecule has 0 spiro atoms. The Bertz CT molecular complexity index is 650. The molecule has 4 nitrogen and oxygen atoms in total. The van der Waals surface area contributed by atoms with E-state index in [9.17, 15) is 4.79 Å². The summed E-state index contributed by atoms with van der Waals surface area (Å²) in [5, 5.41) is 5.28. The van der Waals surface area contributed by atoms with Gasteiger partial charge in [0.1, 0.15) is 0 Å². The molecule has 116 valence electrons. The van der Waals surface area contributed by atoms with Crippen molar-refractivity contribution in [1.29, 1.82) is 0 Å². The van der Waals surface area contributed by atoms with Crippen LogP contribution in [0.5, 0.6) is 0 Å². The number of hydrogen-bond acceptors (Lipinski definition) is 3. The Kier molecular flexibility index (Phi) is 4.43. The average molecular weight is 315 g/mol. The van der Waals surface area contributed by atoms with E-state index >= 15 is 0 Å². The molecule has 1 N–H and O–H groups in total. The van der Waals surface area contributed by atoms with E-state index in [1.807, 2.05) is 32.3 Å². The van der Waals surface area contributed by atoms with Crippen molar-refractivity contribution in [1.82, 2.24) is 15.2 Å². The number of aryl methyl sites for hydroxylation is 2. The molecule has 0 bridgehead atoms. The molecule has 1 atom stereocenters. The number of aromatic nitrogens is 1. The molecule has 2 heterocycles. The number of pyridine rings is 1. The zero-order valence-electron chi connectivity index (χ0n) is 13.0. The van der Waals surface area contributed by atoms with Crippen molar-refractivity contribution in [3.8, 4) is 0 Å². The number of hydrogen-bond donors (Lipinski definition) is 1. The summed E-state index contributed by atoms with van der Waals surface area (Å²) in [5.41, 5.74) is 3.33. The van der Waals surface area contributed by atoms with Gasteiger partial charge in [0.2, 0.25) is 0 Å². The highest BCUT2D eigenvalue weighted by Crippen LogP contribution is 2.33. The van der Waals surface area contributed by atoms with Crippen molar-refractivity contribution in [3.63, 3.8) is 0 Å². The van der Waals surface area contributed by atoms with Gasteiger partial charge in [0, 0.05) is 18.1 Å².